The minimum absolute atomic E-state index is 0.528. The lowest BCUT2D eigenvalue weighted by Gasteiger charge is -2.08. The monoisotopic (exact) mass is 300 g/mol. The molecule has 0 bridgehead atoms. The highest BCUT2D eigenvalue weighted by Gasteiger charge is 2.11. The van der Waals surface area contributed by atoms with E-state index in [0.717, 1.165) is 29.8 Å². The number of aromatic nitrogens is 1. The van der Waals surface area contributed by atoms with E-state index in [4.69, 9.17) is 0 Å². The first kappa shape index (κ1) is 14.6. The summed E-state index contributed by atoms with van der Waals surface area (Å²) in [6.07, 6.45) is 0.975. The van der Waals surface area contributed by atoms with Crippen LogP contribution in [0.2, 0.25) is 0 Å². The number of hydrogen-bond acceptors (Lipinski definition) is 1. The molecular weight excluding hydrogens is 282 g/mol. The lowest BCUT2D eigenvalue weighted by atomic mass is 10.1. The molecule has 0 spiro atoms. The van der Waals surface area contributed by atoms with Gasteiger partial charge in [0.1, 0.15) is 0 Å². The second kappa shape index (κ2) is 5.44. The summed E-state index contributed by atoms with van der Waals surface area (Å²) >= 11 is 0. The van der Waals surface area contributed by atoms with Gasteiger partial charge >= 0.3 is 0 Å². The van der Waals surface area contributed by atoms with Gasteiger partial charge in [0.15, 0.2) is 11.6 Å². The normalized spacial score (nSPS) is 11.1. The van der Waals surface area contributed by atoms with Crippen LogP contribution in [0, 0.1) is 18.6 Å². The Bertz CT molecular complexity index is 850. The molecule has 114 valence electrons. The quantitative estimate of drug-likeness (QED) is 0.714. The lowest BCUT2D eigenvalue weighted by Crippen LogP contribution is -1.96. The van der Waals surface area contributed by atoms with Gasteiger partial charge < -0.3 is 9.88 Å². The van der Waals surface area contributed by atoms with Gasteiger partial charge in [-0.1, -0.05) is 13.0 Å². The Morgan fingerprint density at radius 2 is 1.68 bits per heavy atom. The molecule has 3 rings (SSSR count). The SMILES string of the molecule is CCc1c(C)c2ccc(Nc3ccc(F)c(F)c3)cc2n1C. The van der Waals surface area contributed by atoms with Gasteiger partial charge in [0.05, 0.1) is 5.52 Å². The number of nitrogens with zero attached hydrogens (tertiary/aromatic N) is 1. The van der Waals surface area contributed by atoms with E-state index in [-0.39, 0.29) is 0 Å². The van der Waals surface area contributed by atoms with Gasteiger partial charge in [-0.05, 0) is 43.2 Å². The minimum atomic E-state index is -0.853. The molecule has 0 fully saturated rings. The van der Waals surface area contributed by atoms with E-state index in [1.54, 1.807) is 0 Å². The lowest BCUT2D eigenvalue weighted by molar-refractivity contribution is 0.509. The fraction of sp³-hybridized carbons (Fsp3) is 0.222. The highest BCUT2D eigenvalue weighted by molar-refractivity contribution is 5.88. The first-order valence-electron chi connectivity index (χ1n) is 7.31. The zero-order valence-corrected chi connectivity index (χ0v) is 12.9. The Labute approximate surface area is 128 Å². The van der Waals surface area contributed by atoms with E-state index >= 15 is 0 Å². The highest BCUT2D eigenvalue weighted by Crippen LogP contribution is 2.29. The van der Waals surface area contributed by atoms with Crippen LogP contribution in [0.5, 0.6) is 0 Å². The van der Waals surface area contributed by atoms with Crippen LogP contribution in [0.3, 0.4) is 0 Å². The summed E-state index contributed by atoms with van der Waals surface area (Å²) in [5.41, 5.74) is 5.10. The summed E-state index contributed by atoms with van der Waals surface area (Å²) in [7, 11) is 2.05. The van der Waals surface area contributed by atoms with Crippen molar-refractivity contribution >= 4 is 22.3 Å². The fourth-order valence-electron chi connectivity index (χ4n) is 3.00. The minimum Gasteiger partial charge on any atom is -0.355 e. The van der Waals surface area contributed by atoms with E-state index in [1.807, 2.05) is 12.1 Å². The number of aryl methyl sites for hydroxylation is 2. The molecule has 1 aromatic heterocycles. The largest absolute Gasteiger partial charge is 0.355 e. The van der Waals surface area contributed by atoms with Crippen molar-refractivity contribution < 1.29 is 8.78 Å². The van der Waals surface area contributed by atoms with Gasteiger partial charge in [0.25, 0.3) is 0 Å². The number of nitrogens with one attached hydrogen (secondary N) is 1. The number of halogens is 2. The zero-order valence-electron chi connectivity index (χ0n) is 12.9. The van der Waals surface area contributed by atoms with Crippen molar-refractivity contribution in [3.8, 4) is 0 Å². The molecule has 2 nitrogen and oxygen atoms in total. The summed E-state index contributed by atoms with van der Waals surface area (Å²) in [5, 5.41) is 4.34. The highest BCUT2D eigenvalue weighted by atomic mass is 19.2. The van der Waals surface area contributed by atoms with Crippen LogP contribution < -0.4 is 5.32 Å². The van der Waals surface area contributed by atoms with Crippen molar-refractivity contribution in [1.82, 2.24) is 4.57 Å². The molecule has 0 saturated heterocycles. The van der Waals surface area contributed by atoms with Gasteiger partial charge in [-0.25, -0.2) is 8.78 Å². The van der Waals surface area contributed by atoms with Crippen molar-refractivity contribution in [3.63, 3.8) is 0 Å². The molecule has 3 aromatic rings. The predicted molar refractivity (Wildman–Crippen MR) is 86.7 cm³/mol. The van der Waals surface area contributed by atoms with E-state index in [9.17, 15) is 8.78 Å². The van der Waals surface area contributed by atoms with Crippen molar-refractivity contribution in [1.29, 1.82) is 0 Å². The molecule has 0 aliphatic rings. The Balaban J connectivity index is 2.01. The molecule has 1 N–H and O–H groups in total. The second-order valence-electron chi connectivity index (χ2n) is 5.47. The van der Waals surface area contributed by atoms with Crippen LogP contribution in [-0.4, -0.2) is 4.57 Å². The third-order valence-corrected chi connectivity index (χ3v) is 4.14. The van der Waals surface area contributed by atoms with Crippen LogP contribution in [-0.2, 0) is 13.5 Å². The molecule has 1 heterocycles. The summed E-state index contributed by atoms with van der Waals surface area (Å²) in [5.74, 6) is -1.69. The topological polar surface area (TPSA) is 17.0 Å². The molecule has 0 aliphatic carbocycles. The first-order valence-corrected chi connectivity index (χ1v) is 7.31. The number of anilines is 2. The Hall–Kier alpha value is -2.36. The molecular formula is C18H18F2N2. The molecule has 4 heteroatoms. The molecule has 0 atom stereocenters. The van der Waals surface area contributed by atoms with Crippen molar-refractivity contribution in [2.45, 2.75) is 20.3 Å². The number of benzene rings is 2. The second-order valence-corrected chi connectivity index (χ2v) is 5.47. The molecule has 2 aromatic carbocycles. The van der Waals surface area contributed by atoms with E-state index in [2.05, 4.69) is 36.8 Å². The summed E-state index contributed by atoms with van der Waals surface area (Å²) in [6.45, 7) is 4.27. The molecule has 0 radical (unpaired) electrons. The van der Waals surface area contributed by atoms with Gasteiger partial charge in [-0.2, -0.15) is 0 Å². The molecule has 0 unspecified atom stereocenters. The van der Waals surface area contributed by atoms with Gasteiger partial charge in [0.2, 0.25) is 0 Å². The van der Waals surface area contributed by atoms with Crippen molar-refractivity contribution in [2.24, 2.45) is 7.05 Å². The van der Waals surface area contributed by atoms with Crippen LogP contribution in [0.15, 0.2) is 36.4 Å². The summed E-state index contributed by atoms with van der Waals surface area (Å²) in [6, 6.07) is 9.85. The Morgan fingerprint density at radius 1 is 1.00 bits per heavy atom. The zero-order chi connectivity index (χ0) is 15.9. The van der Waals surface area contributed by atoms with Gasteiger partial charge in [-0.15, -0.1) is 0 Å². The average Bonchev–Trinajstić information content (AvgIpc) is 2.74. The maximum absolute atomic E-state index is 13.3. The van der Waals surface area contributed by atoms with E-state index in [0.29, 0.717) is 5.69 Å². The first-order chi connectivity index (χ1) is 10.5. The maximum atomic E-state index is 13.3. The van der Waals surface area contributed by atoms with E-state index in [1.165, 1.54) is 22.7 Å². The summed E-state index contributed by atoms with van der Waals surface area (Å²) < 4.78 is 28.4. The smallest absolute Gasteiger partial charge is 0.160 e. The van der Waals surface area contributed by atoms with Crippen LogP contribution in [0.25, 0.3) is 10.9 Å². The molecule has 0 amide bonds. The van der Waals surface area contributed by atoms with Crippen LogP contribution >= 0.6 is 0 Å². The molecule has 22 heavy (non-hydrogen) atoms. The number of fused-ring (bicyclic) bond motifs is 1. The molecule has 0 saturated carbocycles. The average molecular weight is 300 g/mol. The van der Waals surface area contributed by atoms with Crippen LogP contribution in [0.4, 0.5) is 20.2 Å². The third kappa shape index (κ3) is 2.34. The van der Waals surface area contributed by atoms with Crippen LogP contribution in [0.1, 0.15) is 18.2 Å². The standard InChI is InChI=1S/C18H18F2N2/c1-4-17-11(2)14-7-5-13(10-18(14)22(17)3)21-12-6-8-15(19)16(20)9-12/h5-10,21H,4H2,1-3H3. The van der Waals surface area contributed by atoms with Gasteiger partial charge in [0, 0.05) is 35.6 Å². The number of rotatable bonds is 3. The maximum Gasteiger partial charge on any atom is 0.160 e. The van der Waals surface area contributed by atoms with Crippen molar-refractivity contribution in [2.75, 3.05) is 5.32 Å². The Morgan fingerprint density at radius 3 is 2.36 bits per heavy atom. The van der Waals surface area contributed by atoms with Crippen molar-refractivity contribution in [3.05, 3.63) is 59.3 Å². The third-order valence-electron chi connectivity index (χ3n) is 4.14. The predicted octanol–water partition coefficient (Wildman–Crippen LogP) is 5.07. The number of hydrogen-bond donors (Lipinski definition) is 1. The van der Waals surface area contributed by atoms with E-state index < -0.39 is 11.6 Å². The summed E-state index contributed by atoms with van der Waals surface area (Å²) in [4.78, 5) is 0. The van der Waals surface area contributed by atoms with Gasteiger partial charge in [-0.3, -0.25) is 0 Å². The molecule has 0 aliphatic heterocycles. The Kier molecular flexibility index (Phi) is 3.61. The fourth-order valence-corrected chi connectivity index (χ4v) is 3.00.